The van der Waals surface area contributed by atoms with Crippen LogP contribution in [0.3, 0.4) is 0 Å². The topological polar surface area (TPSA) is 72.4 Å². The molecule has 0 spiro atoms. The summed E-state index contributed by atoms with van der Waals surface area (Å²) >= 11 is 12.6. The second kappa shape index (κ2) is 6.72. The number of hydrogen-bond donors (Lipinski definition) is 1. The molecular weight excluding hydrogens is 387 g/mol. The molecule has 0 saturated heterocycles. The summed E-state index contributed by atoms with van der Waals surface area (Å²) in [7, 11) is 0. The molecule has 0 bridgehead atoms. The summed E-state index contributed by atoms with van der Waals surface area (Å²) in [5.74, 6) is -1.06. The van der Waals surface area contributed by atoms with Gasteiger partial charge in [-0.15, -0.1) is 0 Å². The lowest BCUT2D eigenvalue weighted by atomic mass is 10.1. The van der Waals surface area contributed by atoms with E-state index in [4.69, 9.17) is 28.3 Å². The van der Waals surface area contributed by atoms with Crippen LogP contribution in [0.1, 0.15) is 21.9 Å². The van der Waals surface area contributed by atoms with Gasteiger partial charge in [0.05, 0.1) is 28.5 Å². The van der Waals surface area contributed by atoms with Crippen molar-refractivity contribution in [2.24, 2.45) is 0 Å². The van der Waals surface area contributed by atoms with Crippen molar-refractivity contribution in [2.45, 2.75) is 13.5 Å². The molecule has 0 aliphatic rings. The van der Waals surface area contributed by atoms with Gasteiger partial charge in [-0.1, -0.05) is 41.4 Å². The molecule has 4 rings (SSSR count). The van der Waals surface area contributed by atoms with E-state index in [1.807, 2.05) is 36.4 Å². The zero-order valence-corrected chi connectivity index (χ0v) is 15.7. The Bertz CT molecular complexity index is 1180. The normalized spacial score (nSPS) is 11.2. The van der Waals surface area contributed by atoms with Crippen LogP contribution in [-0.2, 0) is 6.54 Å². The molecule has 0 radical (unpaired) electrons. The van der Waals surface area contributed by atoms with Crippen molar-refractivity contribution >= 4 is 34.7 Å². The molecule has 3 aromatic heterocycles. The largest absolute Gasteiger partial charge is 0.476 e. The SMILES string of the molecule is Cc1cc(C(=O)O)nn1Cc1cc(Cl)cc2cc(-c3ccccc3Cl)nn12. The van der Waals surface area contributed by atoms with Gasteiger partial charge in [-0.05, 0) is 37.3 Å². The summed E-state index contributed by atoms with van der Waals surface area (Å²) in [6.07, 6.45) is 0. The molecule has 0 amide bonds. The fourth-order valence-corrected chi connectivity index (χ4v) is 3.44. The van der Waals surface area contributed by atoms with E-state index >= 15 is 0 Å². The third-order valence-electron chi connectivity index (χ3n) is 4.26. The van der Waals surface area contributed by atoms with Crippen LogP contribution >= 0.6 is 23.2 Å². The van der Waals surface area contributed by atoms with Gasteiger partial charge in [0, 0.05) is 16.3 Å². The van der Waals surface area contributed by atoms with E-state index in [9.17, 15) is 4.79 Å². The first-order chi connectivity index (χ1) is 12.9. The van der Waals surface area contributed by atoms with Crippen molar-refractivity contribution in [3.63, 3.8) is 0 Å². The van der Waals surface area contributed by atoms with Gasteiger partial charge in [0.2, 0.25) is 0 Å². The lowest BCUT2D eigenvalue weighted by Gasteiger charge is -2.08. The number of carbonyl (C=O) groups is 1. The molecule has 0 atom stereocenters. The van der Waals surface area contributed by atoms with E-state index in [-0.39, 0.29) is 5.69 Å². The molecule has 0 unspecified atom stereocenters. The summed E-state index contributed by atoms with van der Waals surface area (Å²) in [6.45, 7) is 2.14. The predicted octanol–water partition coefficient (Wildman–Crippen LogP) is 4.56. The number of rotatable bonds is 4. The van der Waals surface area contributed by atoms with Crippen molar-refractivity contribution in [2.75, 3.05) is 0 Å². The van der Waals surface area contributed by atoms with E-state index in [1.54, 1.807) is 22.2 Å². The minimum absolute atomic E-state index is 0.00277. The maximum atomic E-state index is 11.2. The smallest absolute Gasteiger partial charge is 0.356 e. The average Bonchev–Trinajstić information content (AvgIpc) is 3.19. The van der Waals surface area contributed by atoms with Crippen LogP contribution in [0, 0.1) is 6.92 Å². The van der Waals surface area contributed by atoms with Gasteiger partial charge in [-0.2, -0.15) is 10.2 Å². The highest BCUT2D eigenvalue weighted by atomic mass is 35.5. The number of aromatic nitrogens is 4. The third-order valence-corrected chi connectivity index (χ3v) is 4.81. The number of carboxylic acid groups (broad SMARTS) is 1. The number of halogens is 2. The highest BCUT2D eigenvalue weighted by Gasteiger charge is 2.15. The zero-order valence-electron chi connectivity index (χ0n) is 14.2. The molecule has 0 aliphatic heterocycles. The van der Waals surface area contributed by atoms with Gasteiger partial charge in [0.25, 0.3) is 0 Å². The highest BCUT2D eigenvalue weighted by molar-refractivity contribution is 6.33. The number of nitrogens with zero attached hydrogens (tertiary/aromatic N) is 4. The summed E-state index contributed by atoms with van der Waals surface area (Å²) in [5, 5.41) is 19.1. The Labute approximate surface area is 164 Å². The summed E-state index contributed by atoms with van der Waals surface area (Å²) in [5.41, 5.74) is 3.89. The van der Waals surface area contributed by atoms with Crippen molar-refractivity contribution in [3.8, 4) is 11.3 Å². The van der Waals surface area contributed by atoms with Crippen LogP contribution < -0.4 is 0 Å². The first-order valence-electron chi connectivity index (χ1n) is 8.13. The lowest BCUT2D eigenvalue weighted by Crippen LogP contribution is -2.10. The number of hydrogen-bond acceptors (Lipinski definition) is 3. The van der Waals surface area contributed by atoms with Crippen molar-refractivity contribution in [3.05, 3.63) is 75.7 Å². The molecule has 3 heterocycles. The summed E-state index contributed by atoms with van der Waals surface area (Å²) < 4.78 is 3.39. The van der Waals surface area contributed by atoms with E-state index in [1.165, 1.54) is 6.07 Å². The first kappa shape index (κ1) is 17.6. The van der Waals surface area contributed by atoms with Crippen LogP contribution in [0.2, 0.25) is 10.0 Å². The van der Waals surface area contributed by atoms with Crippen LogP contribution in [-0.4, -0.2) is 30.5 Å². The van der Waals surface area contributed by atoms with E-state index in [2.05, 4.69) is 10.2 Å². The quantitative estimate of drug-likeness (QED) is 0.544. The molecule has 27 heavy (non-hydrogen) atoms. The molecule has 0 fully saturated rings. The van der Waals surface area contributed by atoms with Gasteiger partial charge >= 0.3 is 5.97 Å². The Morgan fingerprint density at radius 3 is 2.59 bits per heavy atom. The molecule has 136 valence electrons. The van der Waals surface area contributed by atoms with Gasteiger partial charge < -0.3 is 5.11 Å². The van der Waals surface area contributed by atoms with Crippen LogP contribution in [0.4, 0.5) is 0 Å². The Kier molecular flexibility index (Phi) is 4.37. The number of aryl methyl sites for hydroxylation is 1. The van der Waals surface area contributed by atoms with Gasteiger partial charge in [-0.3, -0.25) is 4.68 Å². The molecule has 1 N–H and O–H groups in total. The fourth-order valence-electron chi connectivity index (χ4n) is 2.97. The Hall–Kier alpha value is -2.83. The van der Waals surface area contributed by atoms with Crippen LogP contribution in [0.15, 0.2) is 48.5 Å². The first-order valence-corrected chi connectivity index (χ1v) is 8.89. The minimum Gasteiger partial charge on any atom is -0.476 e. The molecule has 4 aromatic rings. The van der Waals surface area contributed by atoms with E-state index < -0.39 is 5.97 Å². The van der Waals surface area contributed by atoms with Gasteiger partial charge in [-0.25, -0.2) is 9.31 Å². The van der Waals surface area contributed by atoms with Crippen LogP contribution in [0.25, 0.3) is 16.8 Å². The maximum absolute atomic E-state index is 11.2. The van der Waals surface area contributed by atoms with Crippen molar-refractivity contribution in [1.82, 2.24) is 19.4 Å². The monoisotopic (exact) mass is 400 g/mol. The Balaban J connectivity index is 1.81. The van der Waals surface area contributed by atoms with E-state index in [0.717, 1.165) is 28.2 Å². The Morgan fingerprint density at radius 2 is 1.89 bits per heavy atom. The Morgan fingerprint density at radius 1 is 1.11 bits per heavy atom. The lowest BCUT2D eigenvalue weighted by molar-refractivity contribution is 0.0689. The van der Waals surface area contributed by atoms with Crippen molar-refractivity contribution in [1.29, 1.82) is 0 Å². The summed E-state index contributed by atoms with van der Waals surface area (Å²) in [6, 6.07) is 14.5. The van der Waals surface area contributed by atoms with Crippen molar-refractivity contribution < 1.29 is 9.90 Å². The number of aromatic carboxylic acids is 1. The second-order valence-corrected chi connectivity index (χ2v) is 6.99. The number of pyridine rings is 1. The summed E-state index contributed by atoms with van der Waals surface area (Å²) in [4.78, 5) is 11.2. The van der Waals surface area contributed by atoms with Gasteiger partial charge in [0.1, 0.15) is 0 Å². The van der Waals surface area contributed by atoms with Gasteiger partial charge in [0.15, 0.2) is 5.69 Å². The molecule has 8 heteroatoms. The highest BCUT2D eigenvalue weighted by Crippen LogP contribution is 2.29. The molecule has 1 aromatic carbocycles. The van der Waals surface area contributed by atoms with E-state index in [0.29, 0.717) is 16.6 Å². The number of fused-ring (bicyclic) bond motifs is 1. The standard InChI is InChI=1S/C19H14Cl2N4O2/c1-11-6-18(19(26)27)22-24(11)10-14-8-12(20)7-13-9-17(23-25(13)14)15-4-2-3-5-16(15)21/h2-9H,10H2,1H3,(H,26,27). The van der Waals surface area contributed by atoms with Crippen LogP contribution in [0.5, 0.6) is 0 Å². The molecule has 0 aliphatic carbocycles. The molecule has 0 saturated carbocycles. The average molecular weight is 401 g/mol. The number of carboxylic acids is 1. The third kappa shape index (κ3) is 3.29. The fraction of sp³-hybridized carbons (Fsp3) is 0.105. The zero-order chi connectivity index (χ0) is 19.1. The predicted molar refractivity (Wildman–Crippen MR) is 104 cm³/mol. The number of benzene rings is 1. The second-order valence-electron chi connectivity index (χ2n) is 6.14. The molecular formula is C19H14Cl2N4O2. The maximum Gasteiger partial charge on any atom is 0.356 e. The minimum atomic E-state index is -1.06. The molecule has 6 nitrogen and oxygen atoms in total.